The predicted octanol–water partition coefficient (Wildman–Crippen LogP) is 4.38. The normalized spacial score (nSPS) is 15.7. The molecule has 0 aromatic heterocycles. The first-order valence-corrected chi connectivity index (χ1v) is 9.75. The van der Waals surface area contributed by atoms with E-state index in [0.29, 0.717) is 17.9 Å². The minimum Gasteiger partial charge on any atom is -0.508 e. The number of fused-ring (bicyclic) bond motifs is 1. The molecule has 3 rings (SSSR count). The number of hydrogen-bond donors (Lipinski definition) is 2. The number of benzene rings is 2. The van der Waals surface area contributed by atoms with Gasteiger partial charge in [0.1, 0.15) is 35.5 Å². The Morgan fingerprint density at radius 1 is 1.31 bits per heavy atom. The van der Waals surface area contributed by atoms with E-state index in [-0.39, 0.29) is 17.6 Å². The maximum Gasteiger partial charge on any atom is 0.205 e. The highest BCUT2D eigenvalue weighted by Crippen LogP contribution is 2.44. The fourth-order valence-corrected chi connectivity index (χ4v) is 4.94. The summed E-state index contributed by atoms with van der Waals surface area (Å²) in [6.07, 6.45) is 1.69. The van der Waals surface area contributed by atoms with Gasteiger partial charge in [0.15, 0.2) is 0 Å². The van der Waals surface area contributed by atoms with Crippen LogP contribution in [-0.2, 0) is 0 Å². The van der Waals surface area contributed by atoms with Crippen molar-refractivity contribution in [2.75, 3.05) is 6.61 Å². The van der Waals surface area contributed by atoms with Crippen LogP contribution in [0.4, 0.5) is 0 Å². The SMILES string of the molecule is C=CCOc1c(I)cc([C@H]2C(C#N)=C(N)Oc3cc(O)ccc32)cc1I. The molecule has 5 nitrogen and oxygen atoms in total. The second-order valence-electron chi connectivity index (χ2n) is 5.56. The van der Waals surface area contributed by atoms with Gasteiger partial charge in [-0.1, -0.05) is 18.7 Å². The van der Waals surface area contributed by atoms with Crippen LogP contribution in [0.1, 0.15) is 17.0 Å². The lowest BCUT2D eigenvalue weighted by molar-refractivity contribution is 0.358. The van der Waals surface area contributed by atoms with Crippen molar-refractivity contribution in [3.8, 4) is 23.3 Å². The number of aromatic hydroxyl groups is 1. The molecule has 0 saturated carbocycles. The molecule has 7 heteroatoms. The summed E-state index contributed by atoms with van der Waals surface area (Å²) in [6.45, 7) is 4.08. The third kappa shape index (κ3) is 3.48. The summed E-state index contributed by atoms with van der Waals surface area (Å²) in [7, 11) is 0. The zero-order chi connectivity index (χ0) is 18.8. The smallest absolute Gasteiger partial charge is 0.205 e. The Morgan fingerprint density at radius 2 is 2.00 bits per heavy atom. The van der Waals surface area contributed by atoms with E-state index in [9.17, 15) is 10.4 Å². The minimum absolute atomic E-state index is 0.0487. The molecule has 1 atom stereocenters. The number of phenolic OH excluding ortho intramolecular Hbond substituents is 1. The monoisotopic (exact) mass is 572 g/mol. The maximum atomic E-state index is 9.73. The molecule has 26 heavy (non-hydrogen) atoms. The van der Waals surface area contributed by atoms with E-state index in [0.717, 1.165) is 24.0 Å². The zero-order valence-electron chi connectivity index (χ0n) is 13.5. The Balaban J connectivity index is 2.16. The van der Waals surface area contributed by atoms with Crippen LogP contribution >= 0.6 is 45.2 Å². The molecule has 0 saturated heterocycles. The average Bonchev–Trinajstić information content (AvgIpc) is 2.59. The Morgan fingerprint density at radius 3 is 2.62 bits per heavy atom. The van der Waals surface area contributed by atoms with Gasteiger partial charge in [-0.3, -0.25) is 0 Å². The van der Waals surface area contributed by atoms with Gasteiger partial charge in [0.05, 0.1) is 13.1 Å². The van der Waals surface area contributed by atoms with Crippen molar-refractivity contribution in [2.24, 2.45) is 5.73 Å². The van der Waals surface area contributed by atoms with Gasteiger partial charge in [-0.2, -0.15) is 5.26 Å². The summed E-state index contributed by atoms with van der Waals surface area (Å²) < 4.78 is 13.1. The summed E-state index contributed by atoms with van der Waals surface area (Å²) in [4.78, 5) is 0. The van der Waals surface area contributed by atoms with Crippen molar-refractivity contribution >= 4 is 45.2 Å². The molecule has 0 amide bonds. The quantitative estimate of drug-likeness (QED) is 0.420. The second kappa shape index (κ2) is 7.75. The van der Waals surface area contributed by atoms with Crippen LogP contribution in [0.15, 0.2) is 54.4 Å². The van der Waals surface area contributed by atoms with Gasteiger partial charge >= 0.3 is 0 Å². The van der Waals surface area contributed by atoms with Crippen LogP contribution < -0.4 is 15.2 Å². The molecular weight excluding hydrogens is 558 g/mol. The molecule has 3 N–H and O–H groups in total. The van der Waals surface area contributed by atoms with Crippen LogP contribution in [0, 0.1) is 18.5 Å². The Labute approximate surface area is 178 Å². The molecule has 0 unspecified atom stereocenters. The number of nitrogens with two attached hydrogens (primary N) is 1. The molecule has 1 aliphatic rings. The van der Waals surface area contributed by atoms with Crippen LogP contribution in [0.3, 0.4) is 0 Å². The molecule has 0 bridgehead atoms. The third-order valence-electron chi connectivity index (χ3n) is 3.90. The van der Waals surface area contributed by atoms with Gasteiger partial charge < -0.3 is 20.3 Å². The molecule has 0 radical (unpaired) electrons. The zero-order valence-corrected chi connectivity index (χ0v) is 17.8. The number of ether oxygens (including phenoxy) is 2. The summed E-state index contributed by atoms with van der Waals surface area (Å²) in [6, 6.07) is 10.9. The van der Waals surface area contributed by atoms with E-state index in [1.807, 2.05) is 12.1 Å². The fourth-order valence-electron chi connectivity index (χ4n) is 2.81. The largest absolute Gasteiger partial charge is 0.508 e. The number of nitriles is 1. The summed E-state index contributed by atoms with van der Waals surface area (Å²) in [5.41, 5.74) is 7.99. The molecule has 0 spiro atoms. The lowest BCUT2D eigenvalue weighted by Crippen LogP contribution is -2.21. The van der Waals surface area contributed by atoms with Crippen LogP contribution in [0.25, 0.3) is 0 Å². The van der Waals surface area contributed by atoms with Crippen molar-refractivity contribution in [3.05, 3.63) is 72.7 Å². The van der Waals surface area contributed by atoms with Gasteiger partial charge in [0, 0.05) is 11.6 Å². The molecule has 2 aromatic rings. The molecule has 1 aliphatic heterocycles. The Kier molecular flexibility index (Phi) is 5.62. The third-order valence-corrected chi connectivity index (χ3v) is 5.50. The van der Waals surface area contributed by atoms with E-state index < -0.39 is 0 Å². The average molecular weight is 572 g/mol. The van der Waals surface area contributed by atoms with Gasteiger partial charge in [-0.15, -0.1) is 0 Å². The summed E-state index contributed by atoms with van der Waals surface area (Å²) in [5.74, 6) is 0.979. The number of allylic oxidation sites excluding steroid dienone is 1. The number of hydrogen-bond acceptors (Lipinski definition) is 5. The molecule has 132 valence electrons. The highest BCUT2D eigenvalue weighted by molar-refractivity contribution is 14.1. The number of phenols is 1. The fraction of sp³-hybridized carbons (Fsp3) is 0.105. The number of halogens is 2. The Hall–Kier alpha value is -1.93. The van der Waals surface area contributed by atoms with Crippen molar-refractivity contribution in [1.29, 1.82) is 5.26 Å². The van der Waals surface area contributed by atoms with Crippen molar-refractivity contribution in [3.63, 3.8) is 0 Å². The first-order valence-electron chi connectivity index (χ1n) is 7.59. The summed E-state index contributed by atoms with van der Waals surface area (Å²) >= 11 is 4.42. The molecular formula is C19H14I2N2O3. The van der Waals surface area contributed by atoms with Crippen molar-refractivity contribution in [1.82, 2.24) is 0 Å². The van der Waals surface area contributed by atoms with E-state index in [4.69, 9.17) is 15.2 Å². The maximum absolute atomic E-state index is 9.73. The van der Waals surface area contributed by atoms with Crippen LogP contribution in [0.2, 0.25) is 0 Å². The Bertz CT molecular complexity index is 941. The minimum atomic E-state index is -0.375. The molecule has 0 aliphatic carbocycles. The van der Waals surface area contributed by atoms with Crippen molar-refractivity contribution in [2.45, 2.75) is 5.92 Å². The first-order chi connectivity index (χ1) is 12.5. The second-order valence-corrected chi connectivity index (χ2v) is 7.88. The molecule has 2 aromatic carbocycles. The number of nitrogens with zero attached hydrogens (tertiary/aromatic N) is 1. The van der Waals surface area contributed by atoms with E-state index in [1.165, 1.54) is 6.07 Å². The predicted molar refractivity (Wildman–Crippen MR) is 115 cm³/mol. The van der Waals surface area contributed by atoms with Crippen LogP contribution in [0.5, 0.6) is 17.2 Å². The lowest BCUT2D eigenvalue weighted by Gasteiger charge is -2.27. The van der Waals surface area contributed by atoms with Gasteiger partial charge in [-0.05, 0) is 68.9 Å². The lowest BCUT2D eigenvalue weighted by atomic mass is 9.83. The van der Waals surface area contributed by atoms with Gasteiger partial charge in [0.25, 0.3) is 0 Å². The molecule has 1 heterocycles. The van der Waals surface area contributed by atoms with Gasteiger partial charge in [-0.25, -0.2) is 0 Å². The first kappa shape index (κ1) is 18.8. The van der Waals surface area contributed by atoms with E-state index >= 15 is 0 Å². The highest BCUT2D eigenvalue weighted by Gasteiger charge is 2.31. The molecule has 0 fully saturated rings. The van der Waals surface area contributed by atoms with Crippen LogP contribution in [-0.4, -0.2) is 11.7 Å². The van der Waals surface area contributed by atoms with Crippen molar-refractivity contribution < 1.29 is 14.6 Å². The standard InChI is InChI=1S/C19H14I2N2O3/c1-2-5-25-18-14(20)6-10(7-15(18)21)17-12-4-3-11(24)8-16(12)26-19(23)13(17)9-22/h2-4,6-8,17,24H,1,5,23H2/t17-/m1/s1. The van der Waals surface area contributed by atoms with E-state index in [2.05, 4.69) is 57.8 Å². The van der Waals surface area contributed by atoms with Gasteiger partial charge in [0.2, 0.25) is 5.88 Å². The highest BCUT2D eigenvalue weighted by atomic mass is 127. The summed E-state index contributed by atoms with van der Waals surface area (Å²) in [5, 5.41) is 19.4. The topological polar surface area (TPSA) is 88.5 Å². The van der Waals surface area contributed by atoms with E-state index in [1.54, 1.807) is 18.2 Å². The number of rotatable bonds is 4.